The molecule has 3 aliphatic rings. The monoisotopic (exact) mass is 850 g/mol. The summed E-state index contributed by atoms with van der Waals surface area (Å²) in [5.74, 6) is 2.40. The Morgan fingerprint density at radius 3 is 2.45 bits per heavy atom. The number of carbonyl (C=O) groups is 3. The zero-order chi connectivity index (χ0) is 43.8. The Morgan fingerprint density at radius 1 is 0.919 bits per heavy atom. The molecule has 3 amide bonds. The van der Waals surface area contributed by atoms with Crippen LogP contribution in [0.15, 0.2) is 48.7 Å². The number of aromatic nitrogens is 4. The van der Waals surface area contributed by atoms with E-state index in [2.05, 4.69) is 61.9 Å². The normalized spacial score (nSPS) is 21.3. The van der Waals surface area contributed by atoms with Crippen LogP contribution in [0.1, 0.15) is 76.3 Å². The highest BCUT2D eigenvalue weighted by atomic mass is 16.5. The Kier molecular flexibility index (Phi) is 12.4. The molecule has 3 aliphatic heterocycles. The molecule has 62 heavy (non-hydrogen) atoms. The smallest absolute Gasteiger partial charge is 0.407 e. The highest BCUT2D eigenvalue weighted by molar-refractivity contribution is 6.07. The van der Waals surface area contributed by atoms with Crippen molar-refractivity contribution < 1.29 is 38.1 Å². The summed E-state index contributed by atoms with van der Waals surface area (Å²) in [6.07, 6.45) is 2.96. The van der Waals surface area contributed by atoms with Crippen molar-refractivity contribution in [3.8, 4) is 28.1 Å². The third-order valence-electron chi connectivity index (χ3n) is 13.0. The highest BCUT2D eigenvalue weighted by Gasteiger charge is 2.42. The lowest BCUT2D eigenvalue weighted by Crippen LogP contribution is -2.52. The van der Waals surface area contributed by atoms with E-state index in [1.54, 1.807) is 14.2 Å². The SMILES string of the molecule is COC[C@H]1CC(c2ncc(-c3ccc4c(c3)COc3cc5c(ccc6nc([C@@H]7CC[C@H](C)N7C(=O)[C@@H](NC(=O)OC)C(C)C)[nH]c65)cc3-4)[nH]2)N(CC(NC(=O)OC)[C@@H](C)OC)C1. The van der Waals surface area contributed by atoms with Gasteiger partial charge in [0.25, 0.3) is 0 Å². The summed E-state index contributed by atoms with van der Waals surface area (Å²) >= 11 is 0. The Balaban J connectivity index is 1.04. The molecule has 7 atom stereocenters. The molecule has 2 saturated heterocycles. The molecule has 8 rings (SSSR count). The molecular weight excluding hydrogens is 793 g/mol. The summed E-state index contributed by atoms with van der Waals surface area (Å²) in [5, 5.41) is 7.71. The first-order chi connectivity index (χ1) is 29.9. The predicted molar refractivity (Wildman–Crippen MR) is 233 cm³/mol. The van der Waals surface area contributed by atoms with Gasteiger partial charge >= 0.3 is 12.2 Å². The number of methoxy groups -OCH3 is 4. The molecule has 0 bridgehead atoms. The number of alkyl carbamates (subject to hydrolysis) is 2. The fourth-order valence-corrected chi connectivity index (χ4v) is 9.55. The number of hydrogen-bond acceptors (Lipinski definition) is 11. The third kappa shape index (κ3) is 8.30. The molecule has 2 aromatic heterocycles. The molecule has 0 radical (unpaired) electrons. The lowest BCUT2D eigenvalue weighted by Gasteiger charge is -2.32. The molecule has 2 fully saturated rings. The summed E-state index contributed by atoms with van der Waals surface area (Å²) in [7, 11) is 6.02. The Hall–Kier alpha value is -5.71. The summed E-state index contributed by atoms with van der Waals surface area (Å²) in [5.41, 5.74) is 6.81. The number of carbonyl (C=O) groups excluding carboxylic acids is 3. The summed E-state index contributed by atoms with van der Waals surface area (Å²) < 4.78 is 27.4. The van der Waals surface area contributed by atoms with Crippen LogP contribution in [0.4, 0.5) is 9.59 Å². The number of fused-ring (bicyclic) bond motifs is 6. The van der Waals surface area contributed by atoms with Gasteiger partial charge in [0.05, 0.1) is 68.0 Å². The van der Waals surface area contributed by atoms with Gasteiger partial charge in [-0.2, -0.15) is 0 Å². The number of benzene rings is 3. The second-order valence-corrected chi connectivity index (χ2v) is 17.2. The zero-order valence-electron chi connectivity index (χ0n) is 36.7. The van der Waals surface area contributed by atoms with E-state index in [4.69, 9.17) is 33.7 Å². The van der Waals surface area contributed by atoms with E-state index in [1.165, 1.54) is 14.2 Å². The van der Waals surface area contributed by atoms with Gasteiger partial charge in [-0.25, -0.2) is 19.6 Å². The number of ether oxygens (including phenoxy) is 5. The molecule has 16 nitrogen and oxygen atoms in total. The molecule has 0 aliphatic carbocycles. The predicted octanol–water partition coefficient (Wildman–Crippen LogP) is 6.87. The number of amides is 3. The average Bonchev–Trinajstić information content (AvgIpc) is 4.10. The maximum absolute atomic E-state index is 14.0. The minimum absolute atomic E-state index is 0.0100. The molecule has 0 spiro atoms. The quantitative estimate of drug-likeness (QED) is 0.0970. The molecule has 5 aromatic rings. The van der Waals surface area contributed by atoms with E-state index in [-0.39, 0.29) is 42.1 Å². The Labute approximate surface area is 361 Å². The lowest BCUT2D eigenvalue weighted by molar-refractivity contribution is -0.137. The van der Waals surface area contributed by atoms with Crippen LogP contribution in [-0.4, -0.2) is 120 Å². The van der Waals surface area contributed by atoms with Crippen molar-refractivity contribution in [3.63, 3.8) is 0 Å². The Bertz CT molecular complexity index is 2450. The first-order valence-electron chi connectivity index (χ1n) is 21.5. The van der Waals surface area contributed by atoms with E-state index < -0.39 is 18.2 Å². The van der Waals surface area contributed by atoms with E-state index in [1.807, 2.05) is 44.9 Å². The van der Waals surface area contributed by atoms with Gasteiger partial charge in [0.1, 0.15) is 30.0 Å². The number of rotatable bonds is 13. The second-order valence-electron chi connectivity index (χ2n) is 17.2. The highest BCUT2D eigenvalue weighted by Crippen LogP contribution is 2.44. The van der Waals surface area contributed by atoms with Crippen LogP contribution < -0.4 is 15.4 Å². The van der Waals surface area contributed by atoms with Crippen molar-refractivity contribution in [2.45, 2.75) is 89.9 Å². The van der Waals surface area contributed by atoms with Crippen molar-refractivity contribution >= 4 is 39.9 Å². The fraction of sp³-hybridized carbons (Fsp3) is 0.500. The molecule has 4 N–H and O–H groups in total. The van der Waals surface area contributed by atoms with Gasteiger partial charge in [-0.15, -0.1) is 0 Å². The minimum atomic E-state index is -0.722. The lowest BCUT2D eigenvalue weighted by atomic mass is 9.92. The Morgan fingerprint density at radius 2 is 1.71 bits per heavy atom. The molecule has 0 saturated carbocycles. The molecule has 2 unspecified atom stereocenters. The summed E-state index contributed by atoms with van der Waals surface area (Å²) in [4.78, 5) is 59.7. The molecule has 16 heteroatoms. The first-order valence-corrected chi connectivity index (χ1v) is 21.5. The van der Waals surface area contributed by atoms with Crippen molar-refractivity contribution in [2.24, 2.45) is 11.8 Å². The van der Waals surface area contributed by atoms with Crippen LogP contribution in [0.25, 0.3) is 44.2 Å². The van der Waals surface area contributed by atoms with E-state index >= 15 is 0 Å². The number of imidazole rings is 2. The number of nitrogens with zero attached hydrogens (tertiary/aromatic N) is 4. The van der Waals surface area contributed by atoms with Crippen molar-refractivity contribution in [1.29, 1.82) is 0 Å². The van der Waals surface area contributed by atoms with Gasteiger partial charge in [-0.3, -0.25) is 9.69 Å². The van der Waals surface area contributed by atoms with Gasteiger partial charge in [0.2, 0.25) is 5.91 Å². The van der Waals surface area contributed by atoms with Crippen LogP contribution in [0.3, 0.4) is 0 Å². The number of hydrogen-bond donors (Lipinski definition) is 4. The van der Waals surface area contributed by atoms with E-state index in [9.17, 15) is 14.4 Å². The van der Waals surface area contributed by atoms with Crippen LogP contribution in [0.2, 0.25) is 0 Å². The maximum Gasteiger partial charge on any atom is 0.407 e. The van der Waals surface area contributed by atoms with Crippen molar-refractivity contribution in [1.82, 2.24) is 40.4 Å². The van der Waals surface area contributed by atoms with Crippen LogP contribution >= 0.6 is 0 Å². The molecule has 3 aromatic carbocycles. The van der Waals surface area contributed by atoms with Gasteiger partial charge in [-0.1, -0.05) is 32.0 Å². The maximum atomic E-state index is 14.0. The van der Waals surface area contributed by atoms with E-state index in [0.29, 0.717) is 25.7 Å². The fourth-order valence-electron chi connectivity index (χ4n) is 9.55. The standard InChI is InChI=1S/C46H58N8O8/c1-24(2)40(52-46(57)61-8)44(55)54-25(3)9-14-37(54)43-48-34-13-11-28-17-33-31-12-10-29(16-30(31)23-62-39(33)18-32(28)41(34)51-43)35-19-47-42(49-35)38-15-27(22-58-5)20-53(38)21-36(26(4)59-6)50-45(56)60-7/h10-13,16-19,24-27,36-38,40H,9,14-15,20-23H2,1-8H3,(H,47,49)(H,48,51)(H,50,56)(H,52,57)/t25-,26+,27-,36?,37-,38?,40-/m0/s1. The largest absolute Gasteiger partial charge is 0.488 e. The second kappa shape index (κ2) is 17.9. The molecule has 5 heterocycles. The number of H-pyrrole nitrogens is 2. The third-order valence-corrected chi connectivity index (χ3v) is 13.0. The molecular formula is C46H58N8O8. The first kappa shape index (κ1) is 43.0. The summed E-state index contributed by atoms with van der Waals surface area (Å²) in [6, 6.07) is 13.5. The van der Waals surface area contributed by atoms with E-state index in [0.717, 1.165) is 93.0 Å². The van der Waals surface area contributed by atoms with Crippen molar-refractivity contribution in [3.05, 3.63) is 65.9 Å². The number of nitrogens with one attached hydrogen (secondary N) is 4. The zero-order valence-corrected chi connectivity index (χ0v) is 36.7. The summed E-state index contributed by atoms with van der Waals surface area (Å²) in [6.45, 7) is 10.2. The number of aromatic amines is 2. The van der Waals surface area contributed by atoms with Gasteiger partial charge in [0, 0.05) is 44.3 Å². The molecule has 330 valence electrons. The van der Waals surface area contributed by atoms with Crippen molar-refractivity contribution in [2.75, 3.05) is 48.1 Å². The van der Waals surface area contributed by atoms with Crippen LogP contribution in [0, 0.1) is 11.8 Å². The van der Waals surface area contributed by atoms with Gasteiger partial charge < -0.3 is 49.2 Å². The van der Waals surface area contributed by atoms with Crippen LogP contribution in [-0.2, 0) is 30.3 Å². The van der Waals surface area contributed by atoms with Crippen LogP contribution in [0.5, 0.6) is 5.75 Å². The van der Waals surface area contributed by atoms with Gasteiger partial charge in [0.15, 0.2) is 0 Å². The van der Waals surface area contributed by atoms with Gasteiger partial charge in [-0.05, 0) is 91.3 Å². The average molecular weight is 851 g/mol. The minimum Gasteiger partial charge on any atom is -0.488 e. The number of likely N-dealkylation sites (tertiary alicyclic amines) is 2. The topological polar surface area (TPSA) is 185 Å².